The summed E-state index contributed by atoms with van der Waals surface area (Å²) in [5, 5.41) is 0. The highest BCUT2D eigenvalue weighted by Gasteiger charge is 2.29. The predicted octanol–water partition coefficient (Wildman–Crippen LogP) is 3.13. The van der Waals surface area contributed by atoms with E-state index < -0.39 is 0 Å². The largest absolute Gasteiger partial charge is 0.383 e. The fraction of sp³-hybridized carbons (Fsp3) is 0.647. The molecule has 0 aliphatic carbocycles. The third-order valence-electron chi connectivity index (χ3n) is 4.08. The van der Waals surface area contributed by atoms with Crippen molar-refractivity contribution in [2.24, 2.45) is 5.73 Å². The van der Waals surface area contributed by atoms with E-state index in [-0.39, 0.29) is 12.1 Å². The van der Waals surface area contributed by atoms with Gasteiger partial charge in [0.1, 0.15) is 0 Å². The fourth-order valence-corrected chi connectivity index (χ4v) is 2.92. The number of aryl methyl sites for hydroxylation is 1. The molecular weight excluding hydrogens is 248 g/mol. The lowest BCUT2D eigenvalue weighted by Crippen LogP contribution is -2.46. The maximum atomic E-state index is 6.45. The molecule has 3 atom stereocenters. The van der Waals surface area contributed by atoms with Gasteiger partial charge in [-0.3, -0.25) is 4.90 Å². The van der Waals surface area contributed by atoms with E-state index in [4.69, 9.17) is 10.5 Å². The Balaban J connectivity index is 3.14. The Morgan fingerprint density at radius 2 is 1.90 bits per heavy atom. The molecule has 1 aromatic carbocycles. The molecule has 0 saturated carbocycles. The Morgan fingerprint density at radius 3 is 2.40 bits per heavy atom. The second kappa shape index (κ2) is 8.40. The molecule has 0 bridgehead atoms. The molecule has 0 radical (unpaired) electrons. The molecular formula is C17H30N2O. The molecule has 2 N–H and O–H groups in total. The second-order valence-electron chi connectivity index (χ2n) is 5.51. The SMILES string of the molecule is CCC(N)C(c1ccccc1C)N(CC)C(C)COC. The van der Waals surface area contributed by atoms with Crippen LogP contribution >= 0.6 is 0 Å². The van der Waals surface area contributed by atoms with Crippen LogP contribution in [-0.2, 0) is 4.74 Å². The van der Waals surface area contributed by atoms with Gasteiger partial charge in [-0.15, -0.1) is 0 Å². The van der Waals surface area contributed by atoms with Gasteiger partial charge in [0.15, 0.2) is 0 Å². The van der Waals surface area contributed by atoms with Crippen LogP contribution in [0.25, 0.3) is 0 Å². The summed E-state index contributed by atoms with van der Waals surface area (Å²) in [6.45, 7) is 10.4. The van der Waals surface area contributed by atoms with Crippen LogP contribution in [0, 0.1) is 6.92 Å². The van der Waals surface area contributed by atoms with Crippen molar-refractivity contribution >= 4 is 0 Å². The maximum Gasteiger partial charge on any atom is 0.0615 e. The van der Waals surface area contributed by atoms with E-state index in [2.05, 4.69) is 56.9 Å². The molecule has 3 nitrogen and oxygen atoms in total. The van der Waals surface area contributed by atoms with E-state index in [0.717, 1.165) is 19.6 Å². The molecule has 0 saturated heterocycles. The lowest BCUT2D eigenvalue weighted by atomic mass is 9.92. The van der Waals surface area contributed by atoms with Gasteiger partial charge in [0.25, 0.3) is 0 Å². The standard InChI is InChI=1S/C17H30N2O/c1-6-16(18)17(15-11-9-8-10-13(15)3)19(7-2)14(4)12-20-5/h8-11,14,16-17H,6-7,12,18H2,1-5H3. The quantitative estimate of drug-likeness (QED) is 0.794. The van der Waals surface area contributed by atoms with E-state index in [0.29, 0.717) is 6.04 Å². The van der Waals surface area contributed by atoms with E-state index in [9.17, 15) is 0 Å². The molecule has 20 heavy (non-hydrogen) atoms. The Bertz CT molecular complexity index is 394. The summed E-state index contributed by atoms with van der Waals surface area (Å²) in [6, 6.07) is 9.30. The number of hydrogen-bond acceptors (Lipinski definition) is 3. The molecule has 3 unspecified atom stereocenters. The Morgan fingerprint density at radius 1 is 1.25 bits per heavy atom. The highest BCUT2D eigenvalue weighted by molar-refractivity contribution is 5.30. The van der Waals surface area contributed by atoms with Gasteiger partial charge in [-0.2, -0.15) is 0 Å². The Labute approximate surface area is 124 Å². The number of likely N-dealkylation sites (N-methyl/N-ethyl adjacent to an activating group) is 1. The molecule has 0 spiro atoms. The molecule has 1 aromatic rings. The molecule has 0 heterocycles. The van der Waals surface area contributed by atoms with Crippen molar-refractivity contribution in [3.05, 3.63) is 35.4 Å². The van der Waals surface area contributed by atoms with Crippen LogP contribution in [0.5, 0.6) is 0 Å². The van der Waals surface area contributed by atoms with Crippen molar-refractivity contribution in [2.45, 2.75) is 52.2 Å². The van der Waals surface area contributed by atoms with Crippen molar-refractivity contribution in [1.29, 1.82) is 0 Å². The van der Waals surface area contributed by atoms with E-state index >= 15 is 0 Å². The van der Waals surface area contributed by atoms with Crippen LogP contribution in [0.1, 0.15) is 44.4 Å². The lowest BCUT2D eigenvalue weighted by Gasteiger charge is -2.39. The molecule has 0 aromatic heterocycles. The average molecular weight is 278 g/mol. The fourth-order valence-electron chi connectivity index (χ4n) is 2.92. The van der Waals surface area contributed by atoms with Crippen LogP contribution in [-0.4, -0.2) is 37.2 Å². The van der Waals surface area contributed by atoms with Crippen LogP contribution in [0.15, 0.2) is 24.3 Å². The molecule has 0 aliphatic heterocycles. The third-order valence-corrected chi connectivity index (χ3v) is 4.08. The number of nitrogens with two attached hydrogens (primary N) is 1. The third kappa shape index (κ3) is 4.05. The molecule has 114 valence electrons. The van der Waals surface area contributed by atoms with Crippen LogP contribution in [0.2, 0.25) is 0 Å². The monoisotopic (exact) mass is 278 g/mol. The predicted molar refractivity (Wildman–Crippen MR) is 85.9 cm³/mol. The summed E-state index contributed by atoms with van der Waals surface area (Å²) in [7, 11) is 1.76. The second-order valence-corrected chi connectivity index (χ2v) is 5.51. The summed E-state index contributed by atoms with van der Waals surface area (Å²) in [5.74, 6) is 0. The molecule has 0 fully saturated rings. The van der Waals surface area contributed by atoms with Crippen molar-refractivity contribution < 1.29 is 4.74 Å². The first kappa shape index (κ1) is 17.2. The summed E-state index contributed by atoms with van der Waals surface area (Å²) in [5.41, 5.74) is 9.10. The average Bonchev–Trinajstić information content (AvgIpc) is 2.45. The van der Waals surface area contributed by atoms with Crippen molar-refractivity contribution in [2.75, 3.05) is 20.3 Å². The Kier molecular flexibility index (Phi) is 7.20. The van der Waals surface area contributed by atoms with Crippen LogP contribution in [0.3, 0.4) is 0 Å². The summed E-state index contributed by atoms with van der Waals surface area (Å²) < 4.78 is 5.33. The van der Waals surface area contributed by atoms with Gasteiger partial charge < -0.3 is 10.5 Å². The Hall–Kier alpha value is -0.900. The number of ether oxygens (including phenoxy) is 1. The van der Waals surface area contributed by atoms with Crippen molar-refractivity contribution in [3.63, 3.8) is 0 Å². The molecule has 3 heteroatoms. The lowest BCUT2D eigenvalue weighted by molar-refractivity contribution is 0.0626. The van der Waals surface area contributed by atoms with E-state index in [1.807, 2.05) is 0 Å². The first-order valence-electron chi connectivity index (χ1n) is 7.62. The minimum atomic E-state index is 0.135. The molecule has 0 aliphatic rings. The van der Waals surface area contributed by atoms with Gasteiger partial charge >= 0.3 is 0 Å². The minimum absolute atomic E-state index is 0.135. The normalized spacial score (nSPS) is 16.1. The number of hydrogen-bond donors (Lipinski definition) is 1. The van der Waals surface area contributed by atoms with Gasteiger partial charge in [0, 0.05) is 19.2 Å². The number of nitrogens with zero attached hydrogens (tertiary/aromatic N) is 1. The highest BCUT2D eigenvalue weighted by atomic mass is 16.5. The number of methoxy groups -OCH3 is 1. The van der Waals surface area contributed by atoms with Gasteiger partial charge in [-0.05, 0) is 37.9 Å². The summed E-state index contributed by atoms with van der Waals surface area (Å²) >= 11 is 0. The molecule has 1 rings (SSSR count). The number of benzene rings is 1. The smallest absolute Gasteiger partial charge is 0.0615 e. The zero-order valence-corrected chi connectivity index (χ0v) is 13.6. The zero-order chi connectivity index (χ0) is 15.1. The van der Waals surface area contributed by atoms with Crippen molar-refractivity contribution in [1.82, 2.24) is 4.90 Å². The van der Waals surface area contributed by atoms with Gasteiger partial charge in [-0.1, -0.05) is 38.1 Å². The maximum absolute atomic E-state index is 6.45. The van der Waals surface area contributed by atoms with Gasteiger partial charge in [0.05, 0.1) is 12.6 Å². The minimum Gasteiger partial charge on any atom is -0.383 e. The van der Waals surface area contributed by atoms with E-state index in [1.165, 1.54) is 11.1 Å². The number of rotatable bonds is 8. The summed E-state index contributed by atoms with van der Waals surface area (Å²) in [6.07, 6.45) is 0.967. The van der Waals surface area contributed by atoms with Crippen LogP contribution < -0.4 is 5.73 Å². The van der Waals surface area contributed by atoms with Crippen molar-refractivity contribution in [3.8, 4) is 0 Å². The highest BCUT2D eigenvalue weighted by Crippen LogP contribution is 2.29. The van der Waals surface area contributed by atoms with Gasteiger partial charge in [0.2, 0.25) is 0 Å². The van der Waals surface area contributed by atoms with E-state index in [1.54, 1.807) is 7.11 Å². The zero-order valence-electron chi connectivity index (χ0n) is 13.6. The first-order chi connectivity index (χ1) is 9.56. The summed E-state index contributed by atoms with van der Waals surface area (Å²) in [4.78, 5) is 2.46. The molecule has 0 amide bonds. The first-order valence-corrected chi connectivity index (χ1v) is 7.62. The van der Waals surface area contributed by atoms with Gasteiger partial charge in [-0.25, -0.2) is 0 Å². The topological polar surface area (TPSA) is 38.5 Å². The van der Waals surface area contributed by atoms with Crippen LogP contribution in [0.4, 0.5) is 0 Å².